The van der Waals surface area contributed by atoms with Crippen LogP contribution >= 0.6 is 0 Å². The van der Waals surface area contributed by atoms with Crippen LogP contribution in [0.1, 0.15) is 0 Å². The van der Waals surface area contributed by atoms with E-state index in [4.69, 9.17) is 24.9 Å². The largest absolute Gasteiger partial charge is 0.309 e. The van der Waals surface area contributed by atoms with Crippen molar-refractivity contribution in [1.29, 1.82) is 0 Å². The molecule has 4 aromatic heterocycles. The molecule has 424 valence electrons. The van der Waals surface area contributed by atoms with Crippen molar-refractivity contribution in [3.63, 3.8) is 0 Å². The van der Waals surface area contributed by atoms with Crippen molar-refractivity contribution in [1.82, 2.24) is 34.1 Å². The molecule has 18 aromatic rings. The van der Waals surface area contributed by atoms with E-state index in [-0.39, 0.29) is 0 Å². The van der Waals surface area contributed by atoms with Gasteiger partial charge in [-0.3, -0.25) is 0 Å². The summed E-state index contributed by atoms with van der Waals surface area (Å²) >= 11 is 0. The third kappa shape index (κ3) is 7.48. The van der Waals surface area contributed by atoms with E-state index in [2.05, 4.69) is 288 Å². The molecule has 0 radical (unpaired) electrons. The van der Waals surface area contributed by atoms with Crippen LogP contribution in [0.5, 0.6) is 0 Å². The first-order valence-electron chi connectivity index (χ1n) is 31.3. The quantitative estimate of drug-likeness (QED) is 0.152. The molecule has 0 fully saturated rings. The summed E-state index contributed by atoms with van der Waals surface area (Å²) in [5, 5.41) is 11.0. The SMILES string of the molecule is c1ccc(-c2nc(-c3cccc(-c4cccc(-c5nc(-c6ccc(-n7c8ccccc8c8cc9c%10c(cccc%10c87)-c7ccccc7-9)cc6)c6ccccc6n5)c4)c3)nc(-c3cccc(-n4c5ccccc5c5cc6c7c(cccc7c54)-c4ccccc4-6)c3)n2)cc1. The minimum atomic E-state index is 0.581. The van der Waals surface area contributed by atoms with E-state index in [9.17, 15) is 0 Å². The fourth-order valence-corrected chi connectivity index (χ4v) is 15.2. The Morgan fingerprint density at radius 2 is 0.609 bits per heavy atom. The highest BCUT2D eigenvalue weighted by Gasteiger charge is 2.28. The first kappa shape index (κ1) is 50.5. The summed E-state index contributed by atoms with van der Waals surface area (Å²) in [5.74, 6) is 2.42. The van der Waals surface area contributed by atoms with Crippen molar-refractivity contribution in [2.24, 2.45) is 0 Å². The van der Waals surface area contributed by atoms with Gasteiger partial charge in [0.15, 0.2) is 23.3 Å². The normalized spacial score (nSPS) is 12.1. The highest BCUT2D eigenvalue weighted by Crippen LogP contribution is 2.53. The van der Waals surface area contributed by atoms with Gasteiger partial charge in [0.05, 0.1) is 33.3 Å². The first-order chi connectivity index (χ1) is 45.6. The third-order valence-electron chi connectivity index (χ3n) is 19.2. The maximum absolute atomic E-state index is 5.43. The Balaban J connectivity index is 0.669. The standard InChI is InChI=1S/C85H49N7/c1-2-19-51(20-3-1)82-88-84(90-85(89-82)56-25-16-26-58(47-56)92-76-40-13-10-32-64(76)73-49-71-62-30-7-5-28-60(62)66-35-18-37-69(78(66)71)81(73)92)55-24-15-22-53(46-55)52-21-14-23-54(45-52)83-86-74-38-11-8-33-67(74)79(87-83)50-41-43-57(44-42-50)91-75-39-12-9-31-63(75)72-48-70-61-29-6-4-27-59(61)65-34-17-36-68(77(65)70)80(72)91/h1-49H. The van der Waals surface area contributed by atoms with E-state index in [1.165, 1.54) is 104 Å². The third-order valence-corrected chi connectivity index (χ3v) is 19.2. The summed E-state index contributed by atoms with van der Waals surface area (Å²) in [5.41, 5.74) is 25.5. The van der Waals surface area contributed by atoms with Gasteiger partial charge in [-0.05, 0) is 133 Å². The molecule has 0 bridgehead atoms. The van der Waals surface area contributed by atoms with E-state index in [1.807, 2.05) is 18.2 Å². The van der Waals surface area contributed by atoms with Crippen LogP contribution in [0.3, 0.4) is 0 Å². The Bertz CT molecular complexity index is 6190. The second-order valence-electron chi connectivity index (χ2n) is 24.2. The zero-order chi connectivity index (χ0) is 60.1. The number of aromatic nitrogens is 7. The van der Waals surface area contributed by atoms with E-state index < -0.39 is 0 Å². The molecule has 0 atom stereocenters. The van der Waals surface area contributed by atoms with Crippen molar-refractivity contribution in [3.8, 4) is 124 Å². The van der Waals surface area contributed by atoms with Crippen molar-refractivity contribution >= 4 is 76.1 Å². The van der Waals surface area contributed by atoms with Crippen LogP contribution < -0.4 is 0 Å². The topological polar surface area (TPSA) is 74.3 Å². The van der Waals surface area contributed by atoms with Crippen LogP contribution in [-0.2, 0) is 0 Å². The molecule has 0 amide bonds. The molecule has 0 spiro atoms. The lowest BCUT2D eigenvalue weighted by Gasteiger charge is -2.14. The van der Waals surface area contributed by atoms with Gasteiger partial charge in [-0.15, -0.1) is 0 Å². The predicted molar refractivity (Wildman–Crippen MR) is 378 cm³/mol. The van der Waals surface area contributed by atoms with E-state index in [0.717, 1.165) is 72.4 Å². The van der Waals surface area contributed by atoms with Gasteiger partial charge in [0, 0.05) is 76.9 Å². The Morgan fingerprint density at radius 1 is 0.207 bits per heavy atom. The minimum Gasteiger partial charge on any atom is -0.309 e. The average Bonchev–Trinajstić information content (AvgIpc) is 1.55. The molecular weight excluding hydrogens is 1120 g/mol. The number of para-hydroxylation sites is 3. The molecule has 2 aliphatic rings. The highest BCUT2D eigenvalue weighted by atomic mass is 15.0. The minimum absolute atomic E-state index is 0.581. The summed E-state index contributed by atoms with van der Waals surface area (Å²) in [6.45, 7) is 0. The van der Waals surface area contributed by atoms with Crippen molar-refractivity contribution in [3.05, 3.63) is 297 Å². The lowest BCUT2D eigenvalue weighted by atomic mass is 9.99. The summed E-state index contributed by atoms with van der Waals surface area (Å²) < 4.78 is 4.87. The van der Waals surface area contributed by atoms with E-state index in [0.29, 0.717) is 23.3 Å². The second-order valence-corrected chi connectivity index (χ2v) is 24.2. The monoisotopic (exact) mass is 1170 g/mol. The number of nitrogens with zero attached hydrogens (tertiary/aromatic N) is 7. The summed E-state index contributed by atoms with van der Waals surface area (Å²) in [7, 11) is 0. The number of hydrogen-bond donors (Lipinski definition) is 0. The first-order valence-corrected chi connectivity index (χ1v) is 31.3. The Morgan fingerprint density at radius 3 is 1.18 bits per heavy atom. The van der Waals surface area contributed by atoms with Gasteiger partial charge in [-0.1, -0.05) is 231 Å². The molecule has 20 rings (SSSR count). The second kappa shape index (κ2) is 19.5. The zero-order valence-corrected chi connectivity index (χ0v) is 49.4. The Kier molecular flexibility index (Phi) is 10.7. The molecule has 4 heterocycles. The summed E-state index contributed by atoms with van der Waals surface area (Å²) in [6.07, 6.45) is 0. The maximum atomic E-state index is 5.43. The number of benzene rings is 14. The van der Waals surface area contributed by atoms with Crippen LogP contribution in [0.4, 0.5) is 0 Å². The highest BCUT2D eigenvalue weighted by molar-refractivity contribution is 6.29. The molecule has 0 unspecified atom stereocenters. The van der Waals surface area contributed by atoms with Crippen molar-refractivity contribution < 1.29 is 0 Å². The van der Waals surface area contributed by atoms with Crippen molar-refractivity contribution in [2.75, 3.05) is 0 Å². The lowest BCUT2D eigenvalue weighted by Crippen LogP contribution is -2.01. The van der Waals surface area contributed by atoms with Gasteiger partial charge < -0.3 is 9.13 Å². The molecule has 7 heteroatoms. The van der Waals surface area contributed by atoms with Gasteiger partial charge in [-0.25, -0.2) is 24.9 Å². The molecule has 0 N–H and O–H groups in total. The van der Waals surface area contributed by atoms with Crippen LogP contribution in [-0.4, -0.2) is 34.1 Å². The summed E-state index contributed by atoms with van der Waals surface area (Å²) in [6, 6.07) is 107. The number of rotatable bonds is 8. The lowest BCUT2D eigenvalue weighted by molar-refractivity contribution is 1.07. The molecule has 7 nitrogen and oxygen atoms in total. The van der Waals surface area contributed by atoms with Crippen LogP contribution in [0.2, 0.25) is 0 Å². The number of hydrogen-bond acceptors (Lipinski definition) is 5. The smallest absolute Gasteiger partial charge is 0.164 e. The van der Waals surface area contributed by atoms with Gasteiger partial charge in [0.1, 0.15) is 0 Å². The average molecular weight is 1170 g/mol. The fraction of sp³-hybridized carbons (Fsp3) is 0. The van der Waals surface area contributed by atoms with Gasteiger partial charge in [-0.2, -0.15) is 0 Å². The molecule has 14 aromatic carbocycles. The molecule has 2 aliphatic carbocycles. The van der Waals surface area contributed by atoms with Gasteiger partial charge >= 0.3 is 0 Å². The molecule has 92 heavy (non-hydrogen) atoms. The van der Waals surface area contributed by atoms with Crippen molar-refractivity contribution in [2.45, 2.75) is 0 Å². The predicted octanol–water partition coefficient (Wildman–Crippen LogP) is 21.6. The van der Waals surface area contributed by atoms with E-state index in [1.54, 1.807) is 0 Å². The zero-order valence-electron chi connectivity index (χ0n) is 49.4. The van der Waals surface area contributed by atoms with E-state index >= 15 is 0 Å². The fourth-order valence-electron chi connectivity index (χ4n) is 15.2. The summed E-state index contributed by atoms with van der Waals surface area (Å²) in [4.78, 5) is 26.5. The number of fused-ring (bicyclic) bond motifs is 15. The van der Waals surface area contributed by atoms with Crippen LogP contribution in [0.15, 0.2) is 297 Å². The van der Waals surface area contributed by atoms with Gasteiger partial charge in [0.2, 0.25) is 0 Å². The Hall–Kier alpha value is -12.5. The Labute approximate surface area is 528 Å². The van der Waals surface area contributed by atoms with Crippen LogP contribution in [0.25, 0.3) is 200 Å². The van der Waals surface area contributed by atoms with Crippen LogP contribution in [0, 0.1) is 0 Å². The maximum Gasteiger partial charge on any atom is 0.164 e. The molecular formula is C85H49N7. The molecule has 0 saturated heterocycles. The molecule has 0 saturated carbocycles. The van der Waals surface area contributed by atoms with Gasteiger partial charge in [0.25, 0.3) is 0 Å². The molecule has 0 aliphatic heterocycles.